The molecule has 0 aliphatic heterocycles. The number of phenols is 1. The van der Waals surface area contributed by atoms with E-state index >= 15 is 0 Å². The zero-order valence-corrected chi connectivity index (χ0v) is 12.2. The minimum Gasteiger partial charge on any atom is -0.508 e. The first-order valence-electron chi connectivity index (χ1n) is 6.86. The maximum absolute atomic E-state index is 9.98. The molecular weight excluding hydrogens is 250 g/mol. The summed E-state index contributed by atoms with van der Waals surface area (Å²) in [5.74, 6) is 1.02. The average Bonchev–Trinajstić information content (AvgIpc) is 2.47. The lowest BCUT2D eigenvalue weighted by Crippen LogP contribution is -2.07. The van der Waals surface area contributed by atoms with Crippen LogP contribution in [0.4, 0.5) is 5.69 Å². The number of phenolic OH excluding ortho intramolecular Hbond substituents is 1. The summed E-state index contributed by atoms with van der Waals surface area (Å²) >= 11 is 0. The van der Waals surface area contributed by atoms with Gasteiger partial charge in [-0.25, -0.2) is 0 Å². The zero-order chi connectivity index (χ0) is 14.5. The number of nitrogens with one attached hydrogen (secondary N) is 1. The van der Waals surface area contributed by atoms with Crippen molar-refractivity contribution in [3.8, 4) is 11.5 Å². The number of aromatic hydroxyl groups is 1. The van der Waals surface area contributed by atoms with Crippen molar-refractivity contribution in [3.05, 3.63) is 53.6 Å². The van der Waals surface area contributed by atoms with E-state index in [4.69, 9.17) is 4.74 Å². The average molecular weight is 271 g/mol. The number of anilines is 1. The Kier molecular flexibility index (Phi) is 4.51. The van der Waals surface area contributed by atoms with Gasteiger partial charge in [0.2, 0.25) is 0 Å². The van der Waals surface area contributed by atoms with E-state index in [9.17, 15) is 5.11 Å². The summed E-state index contributed by atoms with van der Waals surface area (Å²) in [6.07, 6.45) is 1.01. The molecule has 2 aromatic rings. The third-order valence-electron chi connectivity index (χ3n) is 3.42. The smallest absolute Gasteiger partial charge is 0.121 e. The molecule has 0 radical (unpaired) electrons. The summed E-state index contributed by atoms with van der Waals surface area (Å²) in [7, 11) is 1.62. The van der Waals surface area contributed by atoms with Crippen LogP contribution in [0.3, 0.4) is 0 Å². The van der Waals surface area contributed by atoms with E-state index in [-0.39, 0.29) is 11.8 Å². The molecule has 0 heterocycles. The molecule has 1 unspecified atom stereocenters. The number of rotatable bonds is 5. The molecule has 0 amide bonds. The fraction of sp³-hybridized carbons (Fsp3) is 0.294. The van der Waals surface area contributed by atoms with E-state index in [1.54, 1.807) is 19.2 Å². The van der Waals surface area contributed by atoms with E-state index in [1.807, 2.05) is 25.1 Å². The van der Waals surface area contributed by atoms with Crippen LogP contribution in [0.1, 0.15) is 31.0 Å². The molecule has 0 fully saturated rings. The zero-order valence-electron chi connectivity index (χ0n) is 12.2. The lowest BCUT2D eigenvalue weighted by Gasteiger charge is -2.18. The van der Waals surface area contributed by atoms with Crippen molar-refractivity contribution < 1.29 is 9.84 Å². The van der Waals surface area contributed by atoms with E-state index in [1.165, 1.54) is 5.56 Å². The van der Waals surface area contributed by atoms with Crippen LogP contribution in [0.5, 0.6) is 11.5 Å². The summed E-state index contributed by atoms with van der Waals surface area (Å²) in [6.45, 7) is 4.16. The van der Waals surface area contributed by atoms with E-state index in [0.717, 1.165) is 23.4 Å². The highest BCUT2D eigenvalue weighted by molar-refractivity contribution is 5.50. The molecule has 0 saturated heterocycles. The van der Waals surface area contributed by atoms with Crippen LogP contribution in [-0.4, -0.2) is 12.2 Å². The van der Waals surface area contributed by atoms with Crippen molar-refractivity contribution in [1.82, 2.24) is 0 Å². The maximum atomic E-state index is 9.98. The first kappa shape index (κ1) is 14.3. The first-order valence-corrected chi connectivity index (χ1v) is 6.86. The molecule has 0 aliphatic carbocycles. The molecule has 1 atom stereocenters. The fourth-order valence-electron chi connectivity index (χ4n) is 2.22. The molecule has 2 rings (SSSR count). The largest absolute Gasteiger partial charge is 0.508 e. The molecule has 2 aromatic carbocycles. The quantitative estimate of drug-likeness (QED) is 0.859. The molecule has 0 bridgehead atoms. The second kappa shape index (κ2) is 6.33. The maximum Gasteiger partial charge on any atom is 0.121 e. The number of benzene rings is 2. The summed E-state index contributed by atoms with van der Waals surface area (Å²) in [6, 6.07) is 13.6. The SMILES string of the molecule is CCc1cccc(NC(C)c2cc(OC)ccc2O)c1. The van der Waals surface area contributed by atoms with Crippen LogP contribution in [0, 0.1) is 0 Å². The Morgan fingerprint density at radius 3 is 2.70 bits per heavy atom. The number of hydrogen-bond donors (Lipinski definition) is 2. The Morgan fingerprint density at radius 2 is 2.00 bits per heavy atom. The lowest BCUT2D eigenvalue weighted by atomic mass is 10.1. The Morgan fingerprint density at radius 1 is 1.20 bits per heavy atom. The summed E-state index contributed by atoms with van der Waals surface area (Å²) < 4.78 is 5.21. The topological polar surface area (TPSA) is 41.5 Å². The van der Waals surface area contributed by atoms with Gasteiger partial charge in [0.15, 0.2) is 0 Å². The molecular formula is C17H21NO2. The highest BCUT2D eigenvalue weighted by Crippen LogP contribution is 2.30. The van der Waals surface area contributed by atoms with Gasteiger partial charge in [0.25, 0.3) is 0 Å². The second-order valence-electron chi connectivity index (χ2n) is 4.84. The predicted molar refractivity (Wildman–Crippen MR) is 82.5 cm³/mol. The van der Waals surface area contributed by atoms with Crippen LogP contribution >= 0.6 is 0 Å². The van der Waals surface area contributed by atoms with Crippen LogP contribution in [0.2, 0.25) is 0 Å². The Hall–Kier alpha value is -2.16. The third-order valence-corrected chi connectivity index (χ3v) is 3.42. The third kappa shape index (κ3) is 3.23. The monoisotopic (exact) mass is 271 g/mol. The summed E-state index contributed by atoms with van der Waals surface area (Å²) in [5.41, 5.74) is 3.17. The molecule has 2 N–H and O–H groups in total. The van der Waals surface area contributed by atoms with Crippen molar-refractivity contribution in [3.63, 3.8) is 0 Å². The van der Waals surface area contributed by atoms with Gasteiger partial charge in [0.1, 0.15) is 11.5 Å². The van der Waals surface area contributed by atoms with Crippen LogP contribution in [0.25, 0.3) is 0 Å². The molecule has 0 spiro atoms. The van der Waals surface area contributed by atoms with Crippen molar-refractivity contribution >= 4 is 5.69 Å². The highest BCUT2D eigenvalue weighted by atomic mass is 16.5. The number of hydrogen-bond acceptors (Lipinski definition) is 3. The van der Waals surface area contributed by atoms with Crippen LogP contribution in [-0.2, 0) is 6.42 Å². The molecule has 0 aromatic heterocycles. The number of methoxy groups -OCH3 is 1. The molecule has 3 heteroatoms. The van der Waals surface area contributed by atoms with Gasteiger partial charge in [-0.2, -0.15) is 0 Å². The van der Waals surface area contributed by atoms with Crippen LogP contribution in [0.15, 0.2) is 42.5 Å². The van der Waals surface area contributed by atoms with Crippen molar-refractivity contribution in [2.75, 3.05) is 12.4 Å². The van der Waals surface area contributed by atoms with Gasteiger partial charge >= 0.3 is 0 Å². The van der Waals surface area contributed by atoms with Gasteiger partial charge in [-0.15, -0.1) is 0 Å². The molecule has 3 nitrogen and oxygen atoms in total. The summed E-state index contributed by atoms with van der Waals surface area (Å²) in [5, 5.41) is 13.4. The van der Waals surface area contributed by atoms with Crippen molar-refractivity contribution in [2.45, 2.75) is 26.3 Å². The van der Waals surface area contributed by atoms with E-state index in [0.29, 0.717) is 0 Å². The number of ether oxygens (including phenoxy) is 1. The lowest BCUT2D eigenvalue weighted by molar-refractivity contribution is 0.410. The summed E-state index contributed by atoms with van der Waals surface area (Å²) in [4.78, 5) is 0. The normalized spacial score (nSPS) is 11.9. The Bertz CT molecular complexity index is 581. The predicted octanol–water partition coefficient (Wildman–Crippen LogP) is 4.14. The van der Waals surface area contributed by atoms with Crippen molar-refractivity contribution in [1.29, 1.82) is 0 Å². The van der Waals surface area contributed by atoms with Gasteiger partial charge in [-0.05, 0) is 49.2 Å². The number of aryl methyl sites for hydroxylation is 1. The Labute approximate surface area is 120 Å². The molecule has 106 valence electrons. The van der Waals surface area contributed by atoms with Gasteiger partial charge < -0.3 is 15.2 Å². The minimum absolute atomic E-state index is 0.00259. The van der Waals surface area contributed by atoms with Gasteiger partial charge in [-0.3, -0.25) is 0 Å². The van der Waals surface area contributed by atoms with Gasteiger partial charge in [0, 0.05) is 11.3 Å². The fourth-order valence-corrected chi connectivity index (χ4v) is 2.22. The van der Waals surface area contributed by atoms with Crippen molar-refractivity contribution in [2.24, 2.45) is 0 Å². The first-order chi connectivity index (χ1) is 9.63. The van der Waals surface area contributed by atoms with Gasteiger partial charge in [-0.1, -0.05) is 19.1 Å². The van der Waals surface area contributed by atoms with Gasteiger partial charge in [0.05, 0.1) is 13.2 Å². The van der Waals surface area contributed by atoms with E-state index in [2.05, 4.69) is 24.4 Å². The standard InChI is InChI=1S/C17H21NO2/c1-4-13-6-5-7-14(10-13)18-12(2)16-11-15(20-3)8-9-17(16)19/h5-12,18-19H,4H2,1-3H3. The van der Waals surface area contributed by atoms with E-state index < -0.39 is 0 Å². The van der Waals surface area contributed by atoms with Crippen LogP contribution < -0.4 is 10.1 Å². The Balaban J connectivity index is 2.20. The molecule has 0 aliphatic rings. The molecule has 0 saturated carbocycles. The highest BCUT2D eigenvalue weighted by Gasteiger charge is 2.11. The second-order valence-corrected chi connectivity index (χ2v) is 4.84. The molecule has 20 heavy (non-hydrogen) atoms. The minimum atomic E-state index is -0.00259.